The summed E-state index contributed by atoms with van der Waals surface area (Å²) in [5.74, 6) is 0. The van der Waals surface area contributed by atoms with Gasteiger partial charge in [0.15, 0.2) is 0 Å². The second-order valence-corrected chi connectivity index (χ2v) is 6.76. The van der Waals surface area contributed by atoms with E-state index in [9.17, 15) is 8.42 Å². The first-order valence-corrected chi connectivity index (χ1v) is 8.26. The average Bonchev–Trinajstić information content (AvgIpc) is 3.11. The Kier molecular flexibility index (Phi) is 3.58. The Bertz CT molecular complexity index is 657. The predicted molar refractivity (Wildman–Crippen MR) is 76.1 cm³/mol. The average molecular weight is 291 g/mol. The SMILES string of the molecule is O=S(=O)(NC1CCCC1)c1ccc(-n2cccn2)cc1. The Labute approximate surface area is 118 Å². The van der Waals surface area contributed by atoms with Crippen LogP contribution in [-0.2, 0) is 10.0 Å². The molecule has 1 saturated carbocycles. The lowest BCUT2D eigenvalue weighted by atomic mass is 10.3. The molecule has 0 unspecified atom stereocenters. The van der Waals surface area contributed by atoms with E-state index in [1.807, 2.05) is 12.3 Å². The summed E-state index contributed by atoms with van der Waals surface area (Å²) in [6.45, 7) is 0. The van der Waals surface area contributed by atoms with Crippen molar-refractivity contribution in [2.75, 3.05) is 0 Å². The van der Waals surface area contributed by atoms with Crippen LogP contribution in [0, 0.1) is 0 Å². The smallest absolute Gasteiger partial charge is 0.240 e. The molecule has 0 radical (unpaired) electrons. The van der Waals surface area contributed by atoms with Gasteiger partial charge in [-0.3, -0.25) is 0 Å². The van der Waals surface area contributed by atoms with E-state index in [-0.39, 0.29) is 6.04 Å². The molecule has 106 valence electrons. The van der Waals surface area contributed by atoms with Crippen LogP contribution in [0.15, 0.2) is 47.6 Å². The molecule has 6 heteroatoms. The van der Waals surface area contributed by atoms with Gasteiger partial charge in [0.05, 0.1) is 10.6 Å². The van der Waals surface area contributed by atoms with Crippen LogP contribution < -0.4 is 4.72 Å². The summed E-state index contributed by atoms with van der Waals surface area (Å²) in [4.78, 5) is 0.306. The number of hydrogen-bond acceptors (Lipinski definition) is 3. The van der Waals surface area contributed by atoms with Crippen molar-refractivity contribution in [2.24, 2.45) is 0 Å². The van der Waals surface area contributed by atoms with Crippen LogP contribution in [0.5, 0.6) is 0 Å². The van der Waals surface area contributed by atoms with Gasteiger partial charge in [-0.25, -0.2) is 17.8 Å². The van der Waals surface area contributed by atoms with Gasteiger partial charge in [0.25, 0.3) is 0 Å². The lowest BCUT2D eigenvalue weighted by molar-refractivity contribution is 0.552. The summed E-state index contributed by atoms with van der Waals surface area (Å²) in [6, 6.07) is 8.67. The molecule has 1 fully saturated rings. The van der Waals surface area contributed by atoms with Gasteiger partial charge in [-0.05, 0) is 43.2 Å². The molecule has 1 aromatic carbocycles. The molecule has 1 aromatic heterocycles. The Balaban J connectivity index is 1.79. The molecule has 20 heavy (non-hydrogen) atoms. The molecule has 0 atom stereocenters. The second kappa shape index (κ2) is 5.38. The third-order valence-electron chi connectivity index (χ3n) is 3.59. The minimum absolute atomic E-state index is 0.0887. The zero-order valence-corrected chi connectivity index (χ0v) is 11.9. The normalized spacial score (nSPS) is 16.6. The zero-order chi connectivity index (χ0) is 14.0. The van der Waals surface area contributed by atoms with E-state index >= 15 is 0 Å². The van der Waals surface area contributed by atoms with Crippen LogP contribution in [0.4, 0.5) is 0 Å². The van der Waals surface area contributed by atoms with Crippen molar-refractivity contribution in [1.82, 2.24) is 14.5 Å². The van der Waals surface area contributed by atoms with Gasteiger partial charge >= 0.3 is 0 Å². The van der Waals surface area contributed by atoms with E-state index < -0.39 is 10.0 Å². The summed E-state index contributed by atoms with van der Waals surface area (Å²) in [7, 11) is -3.41. The van der Waals surface area contributed by atoms with E-state index in [1.165, 1.54) is 0 Å². The van der Waals surface area contributed by atoms with Crippen LogP contribution >= 0.6 is 0 Å². The van der Waals surface area contributed by atoms with Crippen LogP contribution in [0.1, 0.15) is 25.7 Å². The number of rotatable bonds is 4. The highest BCUT2D eigenvalue weighted by atomic mass is 32.2. The van der Waals surface area contributed by atoms with Crippen molar-refractivity contribution >= 4 is 10.0 Å². The first-order chi connectivity index (χ1) is 9.65. The topological polar surface area (TPSA) is 64.0 Å². The van der Waals surface area contributed by atoms with Gasteiger partial charge in [0.1, 0.15) is 0 Å². The van der Waals surface area contributed by atoms with Crippen molar-refractivity contribution in [3.8, 4) is 5.69 Å². The van der Waals surface area contributed by atoms with Crippen molar-refractivity contribution in [2.45, 2.75) is 36.6 Å². The van der Waals surface area contributed by atoms with E-state index in [0.717, 1.165) is 31.4 Å². The highest BCUT2D eigenvalue weighted by molar-refractivity contribution is 7.89. The minimum Gasteiger partial charge on any atom is -0.241 e. The Morgan fingerprint density at radius 1 is 1.15 bits per heavy atom. The number of aromatic nitrogens is 2. The monoisotopic (exact) mass is 291 g/mol. The van der Waals surface area contributed by atoms with Gasteiger partial charge in [-0.15, -0.1) is 0 Å². The van der Waals surface area contributed by atoms with Gasteiger partial charge in [-0.1, -0.05) is 12.8 Å². The quantitative estimate of drug-likeness (QED) is 0.938. The van der Waals surface area contributed by atoms with Gasteiger partial charge < -0.3 is 0 Å². The number of nitrogens with zero attached hydrogens (tertiary/aromatic N) is 2. The molecule has 1 aliphatic rings. The number of benzene rings is 1. The van der Waals surface area contributed by atoms with Crippen LogP contribution in [0.25, 0.3) is 5.69 Å². The van der Waals surface area contributed by atoms with Gasteiger partial charge in [-0.2, -0.15) is 5.10 Å². The van der Waals surface area contributed by atoms with Crippen molar-refractivity contribution in [1.29, 1.82) is 0 Å². The Morgan fingerprint density at radius 3 is 2.45 bits per heavy atom. The number of nitrogens with one attached hydrogen (secondary N) is 1. The summed E-state index contributed by atoms with van der Waals surface area (Å²) in [5.41, 5.74) is 0.842. The number of sulfonamides is 1. The maximum atomic E-state index is 12.3. The van der Waals surface area contributed by atoms with Gasteiger partial charge in [0, 0.05) is 18.4 Å². The lowest BCUT2D eigenvalue weighted by Gasteiger charge is -2.12. The van der Waals surface area contributed by atoms with Crippen molar-refractivity contribution in [3.05, 3.63) is 42.7 Å². The lowest BCUT2D eigenvalue weighted by Crippen LogP contribution is -2.32. The van der Waals surface area contributed by atoms with E-state index in [1.54, 1.807) is 35.1 Å². The molecule has 0 saturated heterocycles. The van der Waals surface area contributed by atoms with Crippen LogP contribution in [-0.4, -0.2) is 24.2 Å². The second-order valence-electron chi connectivity index (χ2n) is 5.05. The van der Waals surface area contributed by atoms with Crippen LogP contribution in [0.2, 0.25) is 0 Å². The molecule has 0 amide bonds. The van der Waals surface area contributed by atoms with E-state index in [4.69, 9.17) is 0 Å². The molecule has 1 aliphatic carbocycles. The largest absolute Gasteiger partial charge is 0.241 e. The molecule has 5 nitrogen and oxygen atoms in total. The standard InChI is InChI=1S/C14H17N3O2S/c18-20(19,16-12-4-1-2-5-12)14-8-6-13(7-9-14)17-11-3-10-15-17/h3,6-12,16H,1-2,4-5H2. The van der Waals surface area contributed by atoms with Crippen LogP contribution in [0.3, 0.4) is 0 Å². The maximum absolute atomic E-state index is 12.3. The Hall–Kier alpha value is -1.66. The minimum atomic E-state index is -3.41. The highest BCUT2D eigenvalue weighted by Crippen LogP contribution is 2.21. The first kappa shape index (κ1) is 13.3. The third kappa shape index (κ3) is 2.76. The van der Waals surface area contributed by atoms with Crippen molar-refractivity contribution < 1.29 is 8.42 Å². The highest BCUT2D eigenvalue weighted by Gasteiger charge is 2.22. The molecular formula is C14H17N3O2S. The fourth-order valence-corrected chi connectivity index (χ4v) is 3.84. The summed E-state index contributed by atoms with van der Waals surface area (Å²) in [6.07, 6.45) is 7.58. The first-order valence-electron chi connectivity index (χ1n) is 6.77. The predicted octanol–water partition coefficient (Wildman–Crippen LogP) is 2.09. The third-order valence-corrected chi connectivity index (χ3v) is 5.13. The molecule has 0 bridgehead atoms. The molecule has 3 rings (SSSR count). The molecular weight excluding hydrogens is 274 g/mol. The molecule has 1 N–H and O–H groups in total. The van der Waals surface area contributed by atoms with Crippen molar-refractivity contribution in [3.63, 3.8) is 0 Å². The molecule has 2 aromatic rings. The number of hydrogen-bond donors (Lipinski definition) is 1. The fraction of sp³-hybridized carbons (Fsp3) is 0.357. The fourth-order valence-electron chi connectivity index (χ4n) is 2.53. The Morgan fingerprint density at radius 2 is 1.85 bits per heavy atom. The van der Waals surface area contributed by atoms with Gasteiger partial charge in [0.2, 0.25) is 10.0 Å². The van der Waals surface area contributed by atoms with E-state index in [2.05, 4.69) is 9.82 Å². The molecule has 1 heterocycles. The maximum Gasteiger partial charge on any atom is 0.240 e. The molecule has 0 aliphatic heterocycles. The zero-order valence-electron chi connectivity index (χ0n) is 11.1. The summed E-state index contributed by atoms with van der Waals surface area (Å²) < 4.78 is 29.0. The summed E-state index contributed by atoms with van der Waals surface area (Å²) >= 11 is 0. The molecule has 0 spiro atoms. The van der Waals surface area contributed by atoms with E-state index in [0.29, 0.717) is 4.90 Å². The summed E-state index contributed by atoms with van der Waals surface area (Å²) in [5, 5.41) is 4.11.